The Hall–Kier alpha value is 1.45. The molecule has 0 saturated carbocycles. The third-order valence-corrected chi connectivity index (χ3v) is 0.582. The van der Waals surface area contributed by atoms with Crippen LogP contribution in [0, 0.1) is 0 Å². The molecule has 0 aromatic carbocycles. The molecule has 8 heavy (non-hydrogen) atoms. The second-order valence-corrected chi connectivity index (χ2v) is 1.80. The quantitative estimate of drug-likeness (QED) is 0.514. The van der Waals surface area contributed by atoms with Crippen molar-refractivity contribution in [3.8, 4) is 0 Å². The van der Waals surface area contributed by atoms with Crippen LogP contribution in [0.15, 0.2) is 0 Å². The Morgan fingerprint density at radius 3 is 1.75 bits per heavy atom. The standard InChI is InChI=1S/C2HBrF2O2.K/c3-2(4,5)1(6)7;/h(H,6,7);. The van der Waals surface area contributed by atoms with Gasteiger partial charge in [-0.2, -0.15) is 8.78 Å². The van der Waals surface area contributed by atoms with Crippen molar-refractivity contribution in [1.82, 2.24) is 0 Å². The zero-order valence-electron chi connectivity index (χ0n) is 3.99. The second-order valence-electron chi connectivity index (χ2n) is 0.803. The maximum atomic E-state index is 11.2. The first-order chi connectivity index (χ1) is 2.94. The van der Waals surface area contributed by atoms with Gasteiger partial charge in [-0.05, 0) is 0 Å². The first-order valence-corrected chi connectivity index (χ1v) is 2.04. The largest absolute Gasteiger partial charge is 0.476 e. The molecule has 0 saturated heterocycles. The molecule has 43 valence electrons. The Morgan fingerprint density at radius 2 is 1.75 bits per heavy atom. The molecular weight excluding hydrogens is 213 g/mol. The van der Waals surface area contributed by atoms with E-state index >= 15 is 0 Å². The van der Waals surface area contributed by atoms with E-state index in [4.69, 9.17) is 5.11 Å². The van der Waals surface area contributed by atoms with Gasteiger partial charge in [0.15, 0.2) is 0 Å². The van der Waals surface area contributed by atoms with Crippen LogP contribution in [-0.4, -0.2) is 67.3 Å². The molecule has 2 nitrogen and oxygen atoms in total. The van der Waals surface area contributed by atoms with E-state index < -0.39 is 10.8 Å². The Morgan fingerprint density at radius 1 is 1.62 bits per heavy atom. The molecule has 1 radical (unpaired) electrons. The minimum absolute atomic E-state index is 0. The van der Waals surface area contributed by atoms with Crippen LogP contribution in [0.2, 0.25) is 0 Å². The molecule has 0 aliphatic carbocycles. The van der Waals surface area contributed by atoms with Gasteiger partial charge in [0, 0.05) is 67.3 Å². The normalized spacial score (nSPS) is 9.88. The monoisotopic (exact) mass is 213 g/mol. The van der Waals surface area contributed by atoms with Crippen molar-refractivity contribution in [3.63, 3.8) is 0 Å². The number of rotatable bonds is 1. The third-order valence-electron chi connectivity index (χ3n) is 0.243. The van der Waals surface area contributed by atoms with Gasteiger partial charge >= 0.3 is 10.8 Å². The maximum Gasteiger partial charge on any atom is 0.395 e. The SMILES string of the molecule is O=C(O)C(F)(F)Br.[K]. The van der Waals surface area contributed by atoms with Crippen molar-refractivity contribution >= 4 is 73.3 Å². The van der Waals surface area contributed by atoms with Crippen LogP contribution < -0.4 is 0 Å². The summed E-state index contributed by atoms with van der Waals surface area (Å²) in [7, 11) is 0. The number of aliphatic carboxylic acids is 1. The predicted octanol–water partition coefficient (Wildman–Crippen LogP) is 0.678. The molecule has 0 rings (SSSR count). The molecule has 0 fully saturated rings. The molecule has 6 heteroatoms. The molecule has 0 unspecified atom stereocenters. The average Bonchev–Trinajstić information content (AvgIpc) is 1.31. The zero-order valence-corrected chi connectivity index (χ0v) is 8.70. The Bertz CT molecular complexity index is 90.5. The topological polar surface area (TPSA) is 37.3 Å². The van der Waals surface area contributed by atoms with Crippen LogP contribution in [0.3, 0.4) is 0 Å². The van der Waals surface area contributed by atoms with Gasteiger partial charge in [0.1, 0.15) is 0 Å². The van der Waals surface area contributed by atoms with Crippen molar-refractivity contribution < 1.29 is 18.7 Å². The minimum Gasteiger partial charge on any atom is -0.476 e. The second kappa shape index (κ2) is 4.29. The van der Waals surface area contributed by atoms with Crippen LogP contribution in [-0.2, 0) is 4.79 Å². The molecular formula is C2HBrF2KO2. The number of hydrogen-bond donors (Lipinski definition) is 1. The van der Waals surface area contributed by atoms with E-state index in [1.165, 1.54) is 0 Å². The fourth-order valence-electron chi connectivity index (χ4n) is 0. The summed E-state index contributed by atoms with van der Waals surface area (Å²) in [5.74, 6) is -2.17. The van der Waals surface area contributed by atoms with Crippen molar-refractivity contribution in [2.75, 3.05) is 0 Å². The molecule has 1 N–H and O–H groups in total. The number of carboxylic acid groups (broad SMARTS) is 1. The van der Waals surface area contributed by atoms with E-state index in [1.807, 2.05) is 0 Å². The molecule has 0 aliphatic rings. The molecule has 0 amide bonds. The fraction of sp³-hybridized carbons (Fsp3) is 0.500. The molecule has 0 aliphatic heterocycles. The van der Waals surface area contributed by atoms with Gasteiger partial charge in [0.05, 0.1) is 0 Å². The Kier molecular flexibility index (Phi) is 6.52. The molecule has 0 aromatic heterocycles. The number of carboxylic acids is 1. The van der Waals surface area contributed by atoms with Gasteiger partial charge in [0.2, 0.25) is 0 Å². The summed E-state index contributed by atoms with van der Waals surface area (Å²) in [4.78, 5) is 5.45. The number of carbonyl (C=O) groups is 1. The summed E-state index contributed by atoms with van der Waals surface area (Å²) in [6, 6.07) is 0. The van der Waals surface area contributed by atoms with Crippen LogP contribution in [0.4, 0.5) is 8.78 Å². The first-order valence-electron chi connectivity index (χ1n) is 1.24. The van der Waals surface area contributed by atoms with E-state index in [1.54, 1.807) is 15.9 Å². The Balaban J connectivity index is 0. The van der Waals surface area contributed by atoms with E-state index in [0.717, 1.165) is 0 Å². The summed E-state index contributed by atoms with van der Waals surface area (Å²) in [6.07, 6.45) is 0. The van der Waals surface area contributed by atoms with Crippen LogP contribution in [0.1, 0.15) is 0 Å². The molecule has 0 spiro atoms. The average molecular weight is 214 g/mol. The van der Waals surface area contributed by atoms with Gasteiger partial charge in [0.25, 0.3) is 0 Å². The van der Waals surface area contributed by atoms with Crippen molar-refractivity contribution in [1.29, 1.82) is 0 Å². The zero-order chi connectivity index (χ0) is 6.08. The van der Waals surface area contributed by atoms with Gasteiger partial charge in [-0.15, -0.1) is 0 Å². The van der Waals surface area contributed by atoms with Crippen molar-refractivity contribution in [2.45, 2.75) is 4.83 Å². The van der Waals surface area contributed by atoms with Crippen LogP contribution in [0.5, 0.6) is 0 Å². The van der Waals surface area contributed by atoms with Gasteiger partial charge in [-0.1, -0.05) is 0 Å². The van der Waals surface area contributed by atoms with E-state index in [-0.39, 0.29) is 51.4 Å². The summed E-state index contributed by atoms with van der Waals surface area (Å²) in [5, 5.41) is 7.45. The molecule has 0 aromatic rings. The van der Waals surface area contributed by atoms with Crippen molar-refractivity contribution in [2.24, 2.45) is 0 Å². The summed E-state index contributed by atoms with van der Waals surface area (Å²) < 4.78 is 22.3. The van der Waals surface area contributed by atoms with E-state index in [2.05, 4.69) is 0 Å². The van der Waals surface area contributed by atoms with Crippen LogP contribution in [0.25, 0.3) is 0 Å². The van der Waals surface area contributed by atoms with Gasteiger partial charge < -0.3 is 5.11 Å². The minimum atomic E-state index is -3.77. The molecule has 0 heterocycles. The Labute approximate surface area is 95.2 Å². The third kappa shape index (κ3) is 5.58. The summed E-state index contributed by atoms with van der Waals surface area (Å²) in [5.41, 5.74) is 0. The van der Waals surface area contributed by atoms with Gasteiger partial charge in [-0.25, -0.2) is 4.79 Å². The number of hydrogen-bond acceptors (Lipinski definition) is 1. The predicted molar refractivity (Wildman–Crippen MR) is 27.3 cm³/mol. The van der Waals surface area contributed by atoms with E-state index in [9.17, 15) is 13.6 Å². The van der Waals surface area contributed by atoms with E-state index in [0.29, 0.717) is 0 Å². The summed E-state index contributed by atoms with van der Waals surface area (Å²) >= 11 is 1.61. The van der Waals surface area contributed by atoms with Crippen molar-refractivity contribution in [3.05, 3.63) is 0 Å². The fourth-order valence-corrected chi connectivity index (χ4v) is 0. The van der Waals surface area contributed by atoms with Crippen LogP contribution >= 0.6 is 15.9 Å². The molecule has 0 atom stereocenters. The number of alkyl halides is 3. The smallest absolute Gasteiger partial charge is 0.395 e. The van der Waals surface area contributed by atoms with Gasteiger partial charge in [-0.3, -0.25) is 0 Å². The molecule has 0 bridgehead atoms. The maximum absolute atomic E-state index is 11.2. The number of halogens is 3. The summed E-state index contributed by atoms with van der Waals surface area (Å²) in [6.45, 7) is 0. The first kappa shape index (κ1) is 12.2.